The molecule has 3 N–H and O–H groups in total. The second kappa shape index (κ2) is 6.17. The zero-order chi connectivity index (χ0) is 15.5. The van der Waals surface area contributed by atoms with E-state index in [9.17, 15) is 13.2 Å². The average Bonchev–Trinajstić information content (AvgIpc) is 2.92. The van der Waals surface area contributed by atoms with Gasteiger partial charge in [-0.15, -0.1) is 0 Å². The first-order valence-electron chi connectivity index (χ1n) is 6.17. The minimum Gasteiger partial charge on any atom is -0.359 e. The third-order valence-electron chi connectivity index (χ3n) is 2.99. The summed E-state index contributed by atoms with van der Waals surface area (Å²) in [5.41, 5.74) is 1.15. The Labute approximate surface area is 122 Å². The maximum atomic E-state index is 11.2. The van der Waals surface area contributed by atoms with E-state index in [1.54, 1.807) is 18.2 Å². The fraction of sp³-hybridized carbons (Fsp3) is 0.231. The van der Waals surface area contributed by atoms with Crippen molar-refractivity contribution in [1.82, 2.24) is 10.5 Å². The topological polar surface area (TPSA) is 115 Å². The SMILES string of the molecule is CC(NCc1cc(C=O)no1)c1ccc(S(N)(=O)=O)cc1. The monoisotopic (exact) mass is 309 g/mol. The number of primary sulfonamides is 1. The number of aromatic nitrogens is 1. The molecule has 7 nitrogen and oxygen atoms in total. The number of carbonyl (C=O) groups is 1. The summed E-state index contributed by atoms with van der Waals surface area (Å²) >= 11 is 0. The van der Waals surface area contributed by atoms with Crippen molar-refractivity contribution in [3.63, 3.8) is 0 Å². The van der Waals surface area contributed by atoms with Gasteiger partial charge >= 0.3 is 0 Å². The second-order valence-corrected chi connectivity index (χ2v) is 6.11. The molecule has 0 radical (unpaired) electrons. The molecule has 0 aliphatic heterocycles. The zero-order valence-corrected chi connectivity index (χ0v) is 12.1. The fourth-order valence-corrected chi connectivity index (χ4v) is 2.30. The lowest BCUT2D eigenvalue weighted by atomic mass is 10.1. The summed E-state index contributed by atoms with van der Waals surface area (Å²) in [5, 5.41) is 11.8. The molecule has 0 aliphatic rings. The van der Waals surface area contributed by atoms with E-state index in [4.69, 9.17) is 9.66 Å². The highest BCUT2D eigenvalue weighted by Gasteiger charge is 2.11. The predicted molar refractivity (Wildman–Crippen MR) is 75.0 cm³/mol. The average molecular weight is 309 g/mol. The molecular weight excluding hydrogens is 294 g/mol. The molecule has 1 heterocycles. The van der Waals surface area contributed by atoms with Crippen molar-refractivity contribution in [3.8, 4) is 0 Å². The van der Waals surface area contributed by atoms with Crippen LogP contribution in [0, 0.1) is 0 Å². The standard InChI is InChI=1S/C13H15N3O4S/c1-9(15-7-12-6-11(8-17)16-20-12)10-2-4-13(5-3-10)21(14,18)19/h2-6,8-9,15H,7H2,1H3,(H2,14,18,19). The van der Waals surface area contributed by atoms with Crippen LogP contribution in [0.2, 0.25) is 0 Å². The quantitative estimate of drug-likeness (QED) is 0.769. The molecule has 2 rings (SSSR count). The van der Waals surface area contributed by atoms with Crippen LogP contribution in [0.5, 0.6) is 0 Å². The summed E-state index contributed by atoms with van der Waals surface area (Å²) in [7, 11) is -3.68. The van der Waals surface area contributed by atoms with Crippen LogP contribution in [-0.2, 0) is 16.6 Å². The maximum absolute atomic E-state index is 11.2. The van der Waals surface area contributed by atoms with E-state index in [-0.39, 0.29) is 16.6 Å². The van der Waals surface area contributed by atoms with Gasteiger partial charge in [0.25, 0.3) is 0 Å². The Kier molecular flexibility index (Phi) is 4.51. The normalized spacial score (nSPS) is 13.0. The lowest BCUT2D eigenvalue weighted by Crippen LogP contribution is -2.18. The van der Waals surface area contributed by atoms with E-state index < -0.39 is 10.0 Å². The van der Waals surface area contributed by atoms with Crippen LogP contribution in [0.3, 0.4) is 0 Å². The number of benzene rings is 1. The van der Waals surface area contributed by atoms with Gasteiger partial charge < -0.3 is 9.84 Å². The van der Waals surface area contributed by atoms with Gasteiger partial charge in [-0.25, -0.2) is 13.6 Å². The first-order valence-corrected chi connectivity index (χ1v) is 7.71. The van der Waals surface area contributed by atoms with Gasteiger partial charge in [0.1, 0.15) is 5.69 Å². The minimum absolute atomic E-state index is 0.0377. The van der Waals surface area contributed by atoms with Crippen LogP contribution in [0.25, 0.3) is 0 Å². The number of hydrogen-bond donors (Lipinski definition) is 2. The molecule has 1 unspecified atom stereocenters. The molecule has 0 aliphatic carbocycles. The predicted octanol–water partition coefficient (Wildman–Crippen LogP) is 0.985. The highest BCUT2D eigenvalue weighted by molar-refractivity contribution is 7.89. The van der Waals surface area contributed by atoms with Crippen molar-refractivity contribution in [2.45, 2.75) is 24.4 Å². The second-order valence-electron chi connectivity index (χ2n) is 4.55. The van der Waals surface area contributed by atoms with Crippen LogP contribution in [0.4, 0.5) is 0 Å². The molecule has 0 fully saturated rings. The Bertz CT molecular complexity index is 722. The van der Waals surface area contributed by atoms with E-state index in [0.29, 0.717) is 18.6 Å². The molecular formula is C13H15N3O4S. The maximum Gasteiger partial charge on any atom is 0.238 e. The smallest absolute Gasteiger partial charge is 0.238 e. The Morgan fingerprint density at radius 2 is 2.05 bits per heavy atom. The summed E-state index contributed by atoms with van der Waals surface area (Å²) in [6.07, 6.45) is 0.614. The summed E-state index contributed by atoms with van der Waals surface area (Å²) in [4.78, 5) is 10.6. The van der Waals surface area contributed by atoms with Gasteiger partial charge in [-0.05, 0) is 24.6 Å². The van der Waals surface area contributed by atoms with Gasteiger partial charge in [-0.3, -0.25) is 4.79 Å². The van der Waals surface area contributed by atoms with Gasteiger partial charge in [-0.2, -0.15) is 0 Å². The van der Waals surface area contributed by atoms with E-state index in [1.807, 2.05) is 6.92 Å². The van der Waals surface area contributed by atoms with Crippen LogP contribution < -0.4 is 10.5 Å². The Morgan fingerprint density at radius 3 is 2.57 bits per heavy atom. The van der Waals surface area contributed by atoms with Crippen molar-refractivity contribution in [2.75, 3.05) is 0 Å². The molecule has 8 heteroatoms. The largest absolute Gasteiger partial charge is 0.359 e. The zero-order valence-electron chi connectivity index (χ0n) is 11.3. The number of nitrogens with two attached hydrogens (primary N) is 1. The Hall–Kier alpha value is -2.03. The summed E-state index contributed by atoms with van der Waals surface area (Å²) in [6.45, 7) is 2.32. The number of nitrogens with zero attached hydrogens (tertiary/aromatic N) is 1. The molecule has 1 atom stereocenters. The fourth-order valence-electron chi connectivity index (χ4n) is 1.79. The summed E-state index contributed by atoms with van der Waals surface area (Å²) in [5.74, 6) is 0.546. The lowest BCUT2D eigenvalue weighted by molar-refractivity contribution is 0.111. The van der Waals surface area contributed by atoms with Crippen molar-refractivity contribution in [1.29, 1.82) is 0 Å². The molecule has 0 bridgehead atoms. The van der Waals surface area contributed by atoms with E-state index in [0.717, 1.165) is 5.56 Å². The Morgan fingerprint density at radius 1 is 1.38 bits per heavy atom. The van der Waals surface area contributed by atoms with E-state index in [2.05, 4.69) is 10.5 Å². The molecule has 0 amide bonds. The van der Waals surface area contributed by atoms with Crippen LogP contribution in [0.15, 0.2) is 39.8 Å². The summed E-state index contributed by atoms with van der Waals surface area (Å²) in [6, 6.07) is 7.81. The molecule has 112 valence electrons. The van der Waals surface area contributed by atoms with Crippen molar-refractivity contribution in [3.05, 3.63) is 47.3 Å². The molecule has 21 heavy (non-hydrogen) atoms. The molecule has 0 saturated carbocycles. The molecule has 0 spiro atoms. The summed E-state index contributed by atoms with van der Waals surface area (Å²) < 4.78 is 27.3. The van der Waals surface area contributed by atoms with Crippen LogP contribution >= 0.6 is 0 Å². The molecule has 1 aromatic carbocycles. The molecule has 2 aromatic rings. The van der Waals surface area contributed by atoms with Gasteiger partial charge in [0, 0.05) is 12.1 Å². The third-order valence-corrected chi connectivity index (χ3v) is 3.92. The Balaban J connectivity index is 2.00. The van der Waals surface area contributed by atoms with Gasteiger partial charge in [-0.1, -0.05) is 17.3 Å². The highest BCUT2D eigenvalue weighted by Crippen LogP contribution is 2.16. The van der Waals surface area contributed by atoms with Crippen molar-refractivity contribution in [2.24, 2.45) is 5.14 Å². The van der Waals surface area contributed by atoms with E-state index in [1.165, 1.54) is 12.1 Å². The van der Waals surface area contributed by atoms with Crippen LogP contribution in [0.1, 0.15) is 34.8 Å². The van der Waals surface area contributed by atoms with Gasteiger partial charge in [0.05, 0.1) is 11.4 Å². The first-order chi connectivity index (χ1) is 9.90. The number of hydrogen-bond acceptors (Lipinski definition) is 6. The van der Waals surface area contributed by atoms with Gasteiger partial charge in [0.15, 0.2) is 12.0 Å². The number of nitrogens with one attached hydrogen (secondary N) is 1. The van der Waals surface area contributed by atoms with Gasteiger partial charge in [0.2, 0.25) is 10.0 Å². The number of sulfonamides is 1. The number of carbonyl (C=O) groups excluding carboxylic acids is 1. The van der Waals surface area contributed by atoms with Crippen molar-refractivity contribution >= 4 is 16.3 Å². The number of rotatable bonds is 6. The van der Waals surface area contributed by atoms with Crippen LogP contribution in [-0.4, -0.2) is 19.9 Å². The molecule has 1 aromatic heterocycles. The van der Waals surface area contributed by atoms with Crippen molar-refractivity contribution < 1.29 is 17.7 Å². The number of aldehydes is 1. The third kappa shape index (κ3) is 3.97. The van der Waals surface area contributed by atoms with E-state index >= 15 is 0 Å². The highest BCUT2D eigenvalue weighted by atomic mass is 32.2. The first kappa shape index (κ1) is 15.4. The molecule has 0 saturated heterocycles. The minimum atomic E-state index is -3.68. The lowest BCUT2D eigenvalue weighted by Gasteiger charge is -2.13.